The van der Waals surface area contributed by atoms with E-state index in [2.05, 4.69) is 56.7 Å². The summed E-state index contributed by atoms with van der Waals surface area (Å²) in [4.78, 5) is 22.7. The van der Waals surface area contributed by atoms with E-state index in [-0.39, 0.29) is 5.91 Å². The summed E-state index contributed by atoms with van der Waals surface area (Å²) in [6.07, 6.45) is 4.25. The summed E-state index contributed by atoms with van der Waals surface area (Å²) in [6.45, 7) is 6.75. The monoisotopic (exact) mass is 367 g/mol. The number of benzene rings is 1. The fourth-order valence-corrected chi connectivity index (χ4v) is 2.63. The van der Waals surface area contributed by atoms with E-state index in [0.29, 0.717) is 18.7 Å². The van der Waals surface area contributed by atoms with Gasteiger partial charge in [-0.25, -0.2) is 0 Å². The van der Waals surface area contributed by atoms with Gasteiger partial charge >= 0.3 is 0 Å². The molecule has 1 amide bonds. The van der Waals surface area contributed by atoms with E-state index in [0.717, 1.165) is 25.5 Å². The number of aromatic nitrogens is 1. The maximum atomic E-state index is 12.0. The van der Waals surface area contributed by atoms with Gasteiger partial charge in [0, 0.05) is 39.1 Å². The first kappa shape index (κ1) is 20.4. The van der Waals surface area contributed by atoms with Crippen molar-refractivity contribution in [2.45, 2.75) is 26.8 Å². The highest BCUT2D eigenvalue weighted by atomic mass is 16.1. The molecular formula is C21H29N5O. The number of hydrogen-bond acceptors (Lipinski definition) is 3. The number of hydrogen-bond donors (Lipinski definition) is 2. The molecule has 0 aliphatic heterocycles. The maximum absolute atomic E-state index is 12.0. The highest BCUT2D eigenvalue weighted by Gasteiger charge is 2.07. The van der Waals surface area contributed by atoms with Gasteiger partial charge in [-0.2, -0.15) is 0 Å². The Labute approximate surface area is 161 Å². The zero-order valence-corrected chi connectivity index (χ0v) is 16.4. The van der Waals surface area contributed by atoms with Crippen molar-refractivity contribution in [2.75, 3.05) is 26.7 Å². The van der Waals surface area contributed by atoms with Crippen molar-refractivity contribution < 1.29 is 4.79 Å². The number of guanidine groups is 1. The molecule has 6 nitrogen and oxygen atoms in total. The van der Waals surface area contributed by atoms with Crippen LogP contribution < -0.4 is 10.6 Å². The molecule has 1 aromatic heterocycles. The molecule has 1 aromatic carbocycles. The van der Waals surface area contributed by atoms with Crippen LogP contribution in [-0.4, -0.2) is 48.4 Å². The van der Waals surface area contributed by atoms with Gasteiger partial charge in [0.15, 0.2) is 5.96 Å². The van der Waals surface area contributed by atoms with Crippen LogP contribution in [0.25, 0.3) is 0 Å². The number of pyridine rings is 1. The molecule has 2 aromatic rings. The fraction of sp³-hybridized carbons (Fsp3) is 0.381. The second-order valence-corrected chi connectivity index (χ2v) is 6.26. The van der Waals surface area contributed by atoms with Gasteiger partial charge in [-0.05, 0) is 36.6 Å². The number of aliphatic imine (C=N–C) groups is 1. The summed E-state index contributed by atoms with van der Waals surface area (Å²) < 4.78 is 0. The molecule has 27 heavy (non-hydrogen) atoms. The van der Waals surface area contributed by atoms with Crippen molar-refractivity contribution in [3.8, 4) is 0 Å². The molecule has 0 atom stereocenters. The average molecular weight is 367 g/mol. The minimum atomic E-state index is -0.132. The first-order valence-electron chi connectivity index (χ1n) is 9.39. The summed E-state index contributed by atoms with van der Waals surface area (Å²) in [5.74, 6) is 0.695. The molecular weight excluding hydrogens is 338 g/mol. The Balaban J connectivity index is 1.87. The van der Waals surface area contributed by atoms with E-state index >= 15 is 0 Å². The summed E-state index contributed by atoms with van der Waals surface area (Å²) in [5, 5.41) is 6.16. The average Bonchev–Trinajstić information content (AvgIpc) is 2.71. The Hall–Kier alpha value is -2.89. The Morgan fingerprint density at radius 3 is 2.48 bits per heavy atom. The van der Waals surface area contributed by atoms with Crippen LogP contribution in [0, 0.1) is 0 Å². The van der Waals surface area contributed by atoms with Gasteiger partial charge in [-0.1, -0.05) is 31.2 Å². The molecule has 0 spiro atoms. The van der Waals surface area contributed by atoms with E-state index in [1.54, 1.807) is 24.5 Å². The third kappa shape index (κ3) is 6.73. The van der Waals surface area contributed by atoms with Crippen LogP contribution >= 0.6 is 0 Å². The van der Waals surface area contributed by atoms with Gasteiger partial charge < -0.3 is 15.5 Å². The molecule has 0 saturated heterocycles. The minimum absolute atomic E-state index is 0.132. The predicted octanol–water partition coefficient (Wildman–Crippen LogP) is 2.47. The van der Waals surface area contributed by atoms with E-state index in [1.165, 1.54) is 11.1 Å². The number of nitrogens with one attached hydrogen (secondary N) is 2. The van der Waals surface area contributed by atoms with Crippen molar-refractivity contribution in [2.24, 2.45) is 4.99 Å². The molecule has 0 radical (unpaired) electrons. The van der Waals surface area contributed by atoms with Crippen molar-refractivity contribution in [1.82, 2.24) is 20.5 Å². The molecule has 2 rings (SSSR count). The first-order chi connectivity index (χ1) is 13.1. The molecule has 1 heterocycles. The van der Waals surface area contributed by atoms with E-state index in [4.69, 9.17) is 0 Å². The van der Waals surface area contributed by atoms with Gasteiger partial charge in [-0.3, -0.25) is 14.8 Å². The quantitative estimate of drug-likeness (QED) is 0.427. The number of nitrogens with zero attached hydrogens (tertiary/aromatic N) is 3. The normalized spacial score (nSPS) is 11.1. The summed E-state index contributed by atoms with van der Waals surface area (Å²) in [5.41, 5.74) is 3.14. The van der Waals surface area contributed by atoms with Gasteiger partial charge in [0.2, 0.25) is 0 Å². The molecule has 0 saturated carbocycles. The number of carbonyl (C=O) groups excluding carboxylic acids is 1. The van der Waals surface area contributed by atoms with Crippen LogP contribution in [-0.2, 0) is 13.0 Å². The van der Waals surface area contributed by atoms with E-state index in [1.807, 2.05) is 14.0 Å². The number of aryl methyl sites for hydroxylation is 1. The summed E-state index contributed by atoms with van der Waals surface area (Å²) in [7, 11) is 2.02. The van der Waals surface area contributed by atoms with Crippen LogP contribution in [0.3, 0.4) is 0 Å². The lowest BCUT2D eigenvalue weighted by atomic mass is 10.1. The third-order valence-electron chi connectivity index (χ3n) is 4.13. The molecule has 2 N–H and O–H groups in total. The van der Waals surface area contributed by atoms with E-state index < -0.39 is 0 Å². The third-order valence-corrected chi connectivity index (χ3v) is 4.13. The molecule has 0 fully saturated rings. The topological polar surface area (TPSA) is 69.6 Å². The zero-order chi connectivity index (χ0) is 19.5. The van der Waals surface area contributed by atoms with Gasteiger partial charge in [0.25, 0.3) is 5.91 Å². The van der Waals surface area contributed by atoms with Crippen molar-refractivity contribution in [1.29, 1.82) is 0 Å². The largest absolute Gasteiger partial charge is 0.357 e. The number of rotatable bonds is 8. The lowest BCUT2D eigenvalue weighted by Gasteiger charge is -2.22. The summed E-state index contributed by atoms with van der Waals surface area (Å²) >= 11 is 0. The second kappa shape index (κ2) is 11.0. The van der Waals surface area contributed by atoms with Gasteiger partial charge in [0.05, 0.1) is 12.1 Å². The minimum Gasteiger partial charge on any atom is -0.357 e. The van der Waals surface area contributed by atoms with Crippen molar-refractivity contribution >= 4 is 11.9 Å². The van der Waals surface area contributed by atoms with Crippen LogP contribution in [0.5, 0.6) is 0 Å². The predicted molar refractivity (Wildman–Crippen MR) is 110 cm³/mol. The molecule has 0 aliphatic carbocycles. The molecule has 6 heteroatoms. The second-order valence-electron chi connectivity index (χ2n) is 6.26. The SMILES string of the molecule is CCNC(=NCCNC(=O)c1cccnc1)N(C)Cc1ccc(CC)cc1. The summed E-state index contributed by atoms with van der Waals surface area (Å²) in [6, 6.07) is 12.1. The number of amides is 1. The maximum Gasteiger partial charge on any atom is 0.252 e. The standard InChI is InChI=1S/C21H29N5O/c1-4-17-8-10-18(11-9-17)16-26(3)21(23-5-2)25-14-13-24-20(27)19-7-6-12-22-15-19/h6-12,15H,4-5,13-14,16H2,1-3H3,(H,23,25)(H,24,27). The van der Waals surface area contributed by atoms with Crippen LogP contribution in [0.15, 0.2) is 53.8 Å². The lowest BCUT2D eigenvalue weighted by Crippen LogP contribution is -2.39. The molecule has 0 bridgehead atoms. The van der Waals surface area contributed by atoms with Gasteiger partial charge in [0.1, 0.15) is 0 Å². The number of carbonyl (C=O) groups is 1. The van der Waals surface area contributed by atoms with Crippen LogP contribution in [0.1, 0.15) is 35.3 Å². The first-order valence-corrected chi connectivity index (χ1v) is 9.39. The van der Waals surface area contributed by atoms with Crippen molar-refractivity contribution in [3.05, 3.63) is 65.5 Å². The van der Waals surface area contributed by atoms with E-state index in [9.17, 15) is 4.79 Å². The Morgan fingerprint density at radius 2 is 1.85 bits per heavy atom. The molecule has 144 valence electrons. The molecule has 0 unspecified atom stereocenters. The lowest BCUT2D eigenvalue weighted by molar-refractivity contribution is 0.0954. The van der Waals surface area contributed by atoms with Gasteiger partial charge in [-0.15, -0.1) is 0 Å². The Morgan fingerprint density at radius 1 is 1.11 bits per heavy atom. The Bertz CT molecular complexity index is 728. The smallest absolute Gasteiger partial charge is 0.252 e. The highest BCUT2D eigenvalue weighted by Crippen LogP contribution is 2.07. The fourth-order valence-electron chi connectivity index (χ4n) is 2.63. The van der Waals surface area contributed by atoms with Crippen LogP contribution in [0.4, 0.5) is 0 Å². The van der Waals surface area contributed by atoms with Crippen molar-refractivity contribution in [3.63, 3.8) is 0 Å². The Kier molecular flexibility index (Phi) is 8.29. The van der Waals surface area contributed by atoms with Crippen LogP contribution in [0.2, 0.25) is 0 Å². The zero-order valence-electron chi connectivity index (χ0n) is 16.4. The molecule has 0 aliphatic rings. The highest BCUT2D eigenvalue weighted by molar-refractivity contribution is 5.93.